The molecule has 0 aromatic heterocycles. The number of hydrogen-bond acceptors (Lipinski definition) is 10. The van der Waals surface area contributed by atoms with Crippen LogP contribution in [0.15, 0.2) is 72.8 Å². The van der Waals surface area contributed by atoms with Crippen molar-refractivity contribution in [3.63, 3.8) is 0 Å². The predicted octanol–water partition coefficient (Wildman–Crippen LogP) is 4.93. The minimum atomic E-state index is -1.01. The highest BCUT2D eigenvalue weighted by Gasteiger charge is 2.23. The van der Waals surface area contributed by atoms with Crippen LogP contribution in [0.3, 0.4) is 0 Å². The predicted molar refractivity (Wildman–Crippen MR) is 152 cm³/mol. The van der Waals surface area contributed by atoms with E-state index < -0.39 is 23.7 Å². The molecule has 0 amide bonds. The molecule has 0 bridgehead atoms. The SMILES string of the molecule is COc1c(C)cccc1/C=C/C(=O)OOC(=O)/C=C/c1ccc2c(c1OC)OC(=O)/C=C/c1ccccc1OCC2=O. The number of ether oxygens (including phenoxy) is 4. The summed E-state index contributed by atoms with van der Waals surface area (Å²) in [5, 5.41) is 0. The summed E-state index contributed by atoms with van der Waals surface area (Å²) in [6.07, 6.45) is 7.51. The third-order valence-corrected chi connectivity index (χ3v) is 5.98. The first-order valence-corrected chi connectivity index (χ1v) is 12.6. The molecule has 4 rings (SSSR count). The molecule has 0 fully saturated rings. The van der Waals surface area contributed by atoms with Crippen molar-refractivity contribution in [1.29, 1.82) is 0 Å². The van der Waals surface area contributed by atoms with Crippen molar-refractivity contribution in [3.8, 4) is 23.0 Å². The third kappa shape index (κ3) is 7.11. The minimum absolute atomic E-state index is 0.00967. The molecule has 10 nitrogen and oxygen atoms in total. The molecule has 10 heteroatoms. The summed E-state index contributed by atoms with van der Waals surface area (Å²) >= 11 is 0. The van der Waals surface area contributed by atoms with Crippen LogP contribution < -0.4 is 18.9 Å². The van der Waals surface area contributed by atoms with E-state index in [0.717, 1.165) is 17.7 Å². The molecule has 0 spiro atoms. The van der Waals surface area contributed by atoms with Crippen molar-refractivity contribution >= 4 is 41.9 Å². The van der Waals surface area contributed by atoms with Gasteiger partial charge >= 0.3 is 17.9 Å². The zero-order valence-corrected chi connectivity index (χ0v) is 22.9. The number of methoxy groups -OCH3 is 2. The van der Waals surface area contributed by atoms with Gasteiger partial charge < -0.3 is 18.9 Å². The van der Waals surface area contributed by atoms with Gasteiger partial charge in [-0.3, -0.25) is 4.79 Å². The van der Waals surface area contributed by atoms with Crippen LogP contribution in [0.25, 0.3) is 18.2 Å². The van der Waals surface area contributed by atoms with Crippen LogP contribution in [-0.2, 0) is 24.2 Å². The minimum Gasteiger partial charge on any atom is -0.496 e. The Hall–Kier alpha value is -5.64. The first-order valence-electron chi connectivity index (χ1n) is 12.6. The van der Waals surface area contributed by atoms with E-state index in [1.54, 1.807) is 36.4 Å². The van der Waals surface area contributed by atoms with Gasteiger partial charge in [-0.25, -0.2) is 24.2 Å². The van der Waals surface area contributed by atoms with Gasteiger partial charge in [0.15, 0.2) is 18.1 Å². The molecule has 0 unspecified atom stereocenters. The Morgan fingerprint density at radius 1 is 0.786 bits per heavy atom. The number of hydrogen-bond donors (Lipinski definition) is 0. The maximum atomic E-state index is 13.0. The van der Waals surface area contributed by atoms with Crippen molar-refractivity contribution < 1.29 is 47.9 Å². The molecular formula is C32H26O10. The Bertz CT molecular complexity index is 1610. The van der Waals surface area contributed by atoms with E-state index >= 15 is 0 Å². The summed E-state index contributed by atoms with van der Waals surface area (Å²) < 4.78 is 21.9. The smallest absolute Gasteiger partial charge is 0.379 e. The van der Waals surface area contributed by atoms with Crippen LogP contribution >= 0.6 is 0 Å². The Labute approximate surface area is 241 Å². The monoisotopic (exact) mass is 570 g/mol. The average molecular weight is 571 g/mol. The largest absolute Gasteiger partial charge is 0.496 e. The molecule has 3 aromatic carbocycles. The maximum absolute atomic E-state index is 13.0. The average Bonchev–Trinajstić information content (AvgIpc) is 3.01. The quantitative estimate of drug-likeness (QED) is 0.132. The highest BCUT2D eigenvalue weighted by molar-refractivity contribution is 6.03. The Morgan fingerprint density at radius 3 is 2.14 bits per heavy atom. The van der Waals surface area contributed by atoms with Crippen molar-refractivity contribution in [2.24, 2.45) is 0 Å². The summed E-state index contributed by atoms with van der Waals surface area (Å²) in [7, 11) is 2.83. The van der Waals surface area contributed by atoms with E-state index in [2.05, 4.69) is 9.78 Å². The number of benzene rings is 3. The number of Topliss-reactive ketones (excluding diaryl/α,β-unsaturated/α-hetero) is 1. The first-order chi connectivity index (χ1) is 20.3. The van der Waals surface area contributed by atoms with Gasteiger partial charge in [0.25, 0.3) is 0 Å². The molecule has 1 heterocycles. The maximum Gasteiger partial charge on any atom is 0.379 e. The van der Waals surface area contributed by atoms with Gasteiger partial charge in [0.2, 0.25) is 5.78 Å². The van der Waals surface area contributed by atoms with Gasteiger partial charge in [-0.2, -0.15) is 0 Å². The van der Waals surface area contributed by atoms with Crippen LogP contribution in [-0.4, -0.2) is 44.5 Å². The van der Waals surface area contributed by atoms with E-state index in [1.807, 2.05) is 13.0 Å². The fourth-order valence-electron chi connectivity index (χ4n) is 4.04. The highest BCUT2D eigenvalue weighted by Crippen LogP contribution is 2.37. The van der Waals surface area contributed by atoms with Gasteiger partial charge in [0, 0.05) is 34.9 Å². The molecule has 0 radical (unpaired) electrons. The molecule has 214 valence electrons. The molecule has 42 heavy (non-hydrogen) atoms. The third-order valence-electron chi connectivity index (χ3n) is 5.98. The molecule has 0 saturated heterocycles. The Balaban J connectivity index is 1.48. The number of ketones is 1. The van der Waals surface area contributed by atoms with Gasteiger partial charge in [-0.15, -0.1) is 0 Å². The van der Waals surface area contributed by atoms with Crippen LogP contribution in [0, 0.1) is 6.92 Å². The summed E-state index contributed by atoms with van der Waals surface area (Å²) in [5.74, 6) is -2.28. The second-order valence-electron chi connectivity index (χ2n) is 8.74. The molecule has 1 aliphatic rings. The van der Waals surface area contributed by atoms with Crippen molar-refractivity contribution in [3.05, 3.63) is 101 Å². The van der Waals surface area contributed by atoms with E-state index in [0.29, 0.717) is 22.6 Å². The van der Waals surface area contributed by atoms with Gasteiger partial charge in [0.05, 0.1) is 19.8 Å². The van der Waals surface area contributed by atoms with Crippen LogP contribution in [0.2, 0.25) is 0 Å². The standard InChI is InChI=1S/C32H26O10/c1-20-7-6-9-22(30(20)37-2)13-17-28(35)41-42-29(36)18-14-23-11-15-24-25(33)19-39-26-10-5-4-8-21(26)12-16-27(34)40-32(24)31(23)38-3/h4-18H,19H2,1-3H3/b16-12+,17-13+,18-14+. The van der Waals surface area contributed by atoms with E-state index in [1.165, 1.54) is 50.7 Å². The van der Waals surface area contributed by atoms with E-state index in [9.17, 15) is 19.2 Å². The van der Waals surface area contributed by atoms with Crippen LogP contribution in [0.4, 0.5) is 0 Å². The summed E-state index contributed by atoms with van der Waals surface area (Å²) in [6.45, 7) is 1.54. The van der Waals surface area contributed by atoms with Crippen molar-refractivity contribution in [2.45, 2.75) is 6.92 Å². The molecule has 0 atom stereocenters. The zero-order chi connectivity index (χ0) is 30.1. The number of aryl methyl sites for hydroxylation is 1. The number of carbonyl (C=O) groups excluding carboxylic acids is 4. The topological polar surface area (TPSA) is 124 Å². The Kier molecular flexibility index (Phi) is 9.52. The fraction of sp³-hybridized carbons (Fsp3) is 0.125. The van der Waals surface area contributed by atoms with Crippen LogP contribution in [0.5, 0.6) is 23.0 Å². The number of esters is 1. The lowest BCUT2D eigenvalue weighted by molar-refractivity contribution is -0.250. The molecule has 0 saturated carbocycles. The normalized spacial score (nSPS) is 13.7. The number of para-hydroxylation sites is 2. The summed E-state index contributed by atoms with van der Waals surface area (Å²) in [4.78, 5) is 59.0. The molecule has 0 N–H and O–H groups in total. The molecule has 3 aromatic rings. The lowest BCUT2D eigenvalue weighted by atomic mass is 10.0. The number of fused-ring (bicyclic) bond motifs is 2. The highest BCUT2D eigenvalue weighted by atomic mass is 17.2. The molecule has 0 aliphatic carbocycles. The second-order valence-corrected chi connectivity index (χ2v) is 8.74. The van der Waals surface area contributed by atoms with Gasteiger partial charge in [-0.05, 0) is 42.8 Å². The molecular weight excluding hydrogens is 544 g/mol. The van der Waals surface area contributed by atoms with Crippen molar-refractivity contribution in [2.75, 3.05) is 20.8 Å². The van der Waals surface area contributed by atoms with E-state index in [-0.39, 0.29) is 29.2 Å². The number of carbonyl (C=O) groups is 4. The Morgan fingerprint density at radius 2 is 1.45 bits per heavy atom. The second kappa shape index (κ2) is 13.6. The van der Waals surface area contributed by atoms with E-state index in [4.69, 9.17) is 18.9 Å². The number of rotatable bonds is 6. The van der Waals surface area contributed by atoms with Gasteiger partial charge in [0.1, 0.15) is 11.5 Å². The van der Waals surface area contributed by atoms with Crippen molar-refractivity contribution in [1.82, 2.24) is 0 Å². The first kappa shape index (κ1) is 29.3. The fourth-order valence-corrected chi connectivity index (χ4v) is 4.04. The summed E-state index contributed by atoms with van der Waals surface area (Å²) in [6, 6.07) is 15.2. The lowest BCUT2D eigenvalue weighted by Gasteiger charge is -2.15. The lowest BCUT2D eigenvalue weighted by Crippen LogP contribution is -2.15. The molecule has 1 aliphatic heterocycles. The van der Waals surface area contributed by atoms with Crippen LogP contribution in [0.1, 0.15) is 32.6 Å². The summed E-state index contributed by atoms with van der Waals surface area (Å²) in [5.41, 5.74) is 2.42. The zero-order valence-electron chi connectivity index (χ0n) is 22.9. The van der Waals surface area contributed by atoms with Gasteiger partial charge in [-0.1, -0.05) is 42.5 Å².